The molecule has 6 heteroatoms. The molecule has 0 fully saturated rings. The molecule has 0 saturated carbocycles. The predicted octanol–water partition coefficient (Wildman–Crippen LogP) is 4.82. The summed E-state index contributed by atoms with van der Waals surface area (Å²) in [6.45, 7) is 4.58. The number of aromatic carboxylic acids is 1. The van der Waals surface area contributed by atoms with Gasteiger partial charge in [0.25, 0.3) is 5.91 Å². The van der Waals surface area contributed by atoms with E-state index < -0.39 is 5.97 Å². The summed E-state index contributed by atoms with van der Waals surface area (Å²) in [5, 5.41) is 9.25. The van der Waals surface area contributed by atoms with Crippen LogP contribution in [0, 0.1) is 6.92 Å². The van der Waals surface area contributed by atoms with Crippen LogP contribution in [-0.4, -0.2) is 58.4 Å². The number of hydrogen-bond donors (Lipinski definition) is 1. The summed E-state index contributed by atoms with van der Waals surface area (Å²) in [5.41, 5.74) is 1.42. The number of carbonyl (C=O) groups excluding carboxylic acids is 1. The summed E-state index contributed by atoms with van der Waals surface area (Å²) in [4.78, 5) is 29.5. The number of rotatable bonds is 11. The maximum atomic E-state index is 12.2. The fourth-order valence-corrected chi connectivity index (χ4v) is 2.48. The van der Waals surface area contributed by atoms with Crippen LogP contribution in [0.25, 0.3) is 0 Å². The van der Waals surface area contributed by atoms with Crippen LogP contribution in [0.5, 0.6) is 0 Å². The van der Waals surface area contributed by atoms with Gasteiger partial charge in [-0.3, -0.25) is 4.79 Å². The molecule has 0 aromatic heterocycles. The Hall–Kier alpha value is -1.08. The third kappa shape index (κ3) is 11.4. The second-order valence-corrected chi connectivity index (χ2v) is 9.45. The second kappa shape index (κ2) is 15.9. The van der Waals surface area contributed by atoms with Crippen molar-refractivity contribution in [2.75, 3.05) is 25.2 Å². The van der Waals surface area contributed by atoms with E-state index in [1.165, 1.54) is 36.6 Å². The fourth-order valence-electron chi connectivity index (χ4n) is 2.48. The molecule has 1 amide bonds. The first-order chi connectivity index (χ1) is 12.9. The van der Waals surface area contributed by atoms with E-state index in [-0.39, 0.29) is 39.2 Å². The van der Waals surface area contributed by atoms with E-state index >= 15 is 0 Å². The van der Waals surface area contributed by atoms with E-state index in [1.807, 2.05) is 6.92 Å². The van der Waals surface area contributed by atoms with Crippen molar-refractivity contribution < 1.29 is 19.4 Å². The van der Waals surface area contributed by atoms with Gasteiger partial charge in [0, 0.05) is 13.7 Å². The van der Waals surface area contributed by atoms with E-state index in [4.69, 9.17) is 4.74 Å². The molecule has 0 spiro atoms. The minimum atomic E-state index is -1.04. The molecule has 1 N–H and O–H groups in total. The number of hydrogen-bond acceptors (Lipinski definition) is 3. The van der Waals surface area contributed by atoms with Crippen molar-refractivity contribution in [3.8, 4) is 0 Å². The van der Waals surface area contributed by atoms with Gasteiger partial charge in [0.05, 0.1) is 11.3 Å². The van der Waals surface area contributed by atoms with Crippen molar-refractivity contribution in [2.24, 2.45) is 0 Å². The van der Waals surface area contributed by atoms with Crippen LogP contribution >= 0.6 is 0 Å². The summed E-state index contributed by atoms with van der Waals surface area (Å²) in [6, 6.07) is 4.95. The van der Waals surface area contributed by atoms with Gasteiger partial charge >= 0.3 is 37.0 Å². The molecule has 5 nitrogen and oxygen atoms in total. The molecule has 152 valence electrons. The van der Waals surface area contributed by atoms with Crippen LogP contribution < -0.4 is 4.90 Å². The Labute approximate surface area is 174 Å². The number of carboxylic acids is 1. The molecule has 0 atom stereocenters. The minimum absolute atomic E-state index is 0.0293. The molecule has 0 aliphatic rings. The van der Waals surface area contributed by atoms with E-state index in [2.05, 4.69) is 16.8 Å². The number of ether oxygens (including phenoxy) is 1. The number of likely N-dealkylation sites (N-methyl/N-ethyl adjacent to an activating group) is 1. The second-order valence-electron chi connectivity index (χ2n) is 6.60. The van der Waals surface area contributed by atoms with Gasteiger partial charge in [0.2, 0.25) is 0 Å². The first-order valence-electron chi connectivity index (χ1n) is 9.65. The zero-order valence-corrected chi connectivity index (χ0v) is 20.4. The van der Waals surface area contributed by atoms with Gasteiger partial charge < -0.3 is 14.7 Å². The van der Waals surface area contributed by atoms with Crippen molar-refractivity contribution in [1.29, 1.82) is 0 Å². The molecule has 0 bridgehead atoms. The van der Waals surface area contributed by atoms with Crippen LogP contribution in [0.3, 0.4) is 0 Å². The Morgan fingerprint density at radius 1 is 1.11 bits per heavy atom. The zero-order chi connectivity index (χ0) is 20.7. The SMILES string of the molecule is CCCCCCCCOCC(=O)N(C)c1cc(C)ccc1C(=O)O.[CH3][Sn][CH3]. The average Bonchev–Trinajstić information content (AvgIpc) is 2.63. The molecular weight excluding hydrogens is 449 g/mol. The first-order valence-corrected chi connectivity index (χ1v) is 15.4. The number of nitrogens with zero attached hydrogens (tertiary/aromatic N) is 1. The van der Waals surface area contributed by atoms with Gasteiger partial charge in [0.15, 0.2) is 0 Å². The van der Waals surface area contributed by atoms with E-state index in [1.54, 1.807) is 19.2 Å². The Morgan fingerprint density at radius 3 is 2.30 bits per heavy atom. The first kappa shape index (κ1) is 25.9. The standard InChI is InChI=1S/C19H29NO4.2CH3.Sn/c1-4-5-6-7-8-9-12-24-14-18(21)20(3)17-13-15(2)10-11-16(17)19(22)23;;;/h10-11,13H,4-9,12,14H2,1-3H3,(H,22,23);2*1H3;. The monoisotopic (exact) mass is 485 g/mol. The fraction of sp³-hybridized carbons (Fsp3) is 0.619. The molecule has 0 saturated heterocycles. The summed E-state index contributed by atoms with van der Waals surface area (Å²) in [6.07, 6.45) is 7.03. The molecule has 0 unspecified atom stereocenters. The van der Waals surface area contributed by atoms with Crippen molar-refractivity contribution in [3.05, 3.63) is 29.3 Å². The molecular formula is C21H35NO4Sn. The summed E-state index contributed by atoms with van der Waals surface area (Å²) < 4.78 is 5.44. The van der Waals surface area contributed by atoms with Crippen molar-refractivity contribution >= 4 is 38.7 Å². The van der Waals surface area contributed by atoms with Gasteiger partial charge in [0.1, 0.15) is 6.61 Å². The molecule has 27 heavy (non-hydrogen) atoms. The van der Waals surface area contributed by atoms with Crippen molar-refractivity contribution in [3.63, 3.8) is 0 Å². The van der Waals surface area contributed by atoms with E-state index in [0.29, 0.717) is 12.3 Å². The van der Waals surface area contributed by atoms with Gasteiger partial charge in [-0.05, 0) is 31.0 Å². The van der Waals surface area contributed by atoms with Crippen LogP contribution in [0.15, 0.2) is 18.2 Å². The molecule has 1 rings (SSSR count). The van der Waals surface area contributed by atoms with Gasteiger partial charge in [-0.1, -0.05) is 45.1 Å². The summed E-state index contributed by atoms with van der Waals surface area (Å²) in [7, 11) is 1.58. The number of aryl methyl sites for hydroxylation is 1. The van der Waals surface area contributed by atoms with E-state index in [0.717, 1.165) is 18.4 Å². The Balaban J connectivity index is 0.00000210. The Bertz CT molecular complexity index is 563. The summed E-state index contributed by atoms with van der Waals surface area (Å²) in [5.74, 6) is -1.29. The Morgan fingerprint density at radius 2 is 1.70 bits per heavy atom. The van der Waals surface area contributed by atoms with Gasteiger partial charge in [-0.25, -0.2) is 4.79 Å². The van der Waals surface area contributed by atoms with Crippen molar-refractivity contribution in [2.45, 2.75) is 62.3 Å². The number of amides is 1. The van der Waals surface area contributed by atoms with Crippen LogP contribution in [0.1, 0.15) is 61.4 Å². The molecule has 0 heterocycles. The number of unbranched alkanes of at least 4 members (excludes halogenated alkanes) is 5. The molecule has 0 aliphatic carbocycles. The number of carboxylic acid groups (broad SMARTS) is 1. The topological polar surface area (TPSA) is 66.8 Å². The quantitative estimate of drug-likeness (QED) is 0.362. The molecule has 1 aromatic carbocycles. The maximum absolute atomic E-state index is 12.2. The van der Waals surface area contributed by atoms with Crippen LogP contribution in [-0.2, 0) is 9.53 Å². The third-order valence-corrected chi connectivity index (χ3v) is 3.99. The molecule has 2 radical (unpaired) electrons. The molecule has 0 aliphatic heterocycles. The Kier molecular flexibility index (Phi) is 15.3. The number of benzene rings is 1. The normalized spacial score (nSPS) is 10.1. The van der Waals surface area contributed by atoms with Gasteiger partial charge in [-0.2, -0.15) is 0 Å². The van der Waals surface area contributed by atoms with E-state index in [9.17, 15) is 14.7 Å². The van der Waals surface area contributed by atoms with Crippen molar-refractivity contribution in [1.82, 2.24) is 0 Å². The predicted molar refractivity (Wildman–Crippen MR) is 113 cm³/mol. The third-order valence-electron chi connectivity index (χ3n) is 3.99. The average molecular weight is 484 g/mol. The zero-order valence-electron chi connectivity index (χ0n) is 17.5. The molecule has 1 aromatic rings. The van der Waals surface area contributed by atoms with Gasteiger partial charge in [-0.15, -0.1) is 0 Å². The number of carbonyl (C=O) groups is 2. The van der Waals surface area contributed by atoms with Crippen LogP contribution in [0.2, 0.25) is 9.88 Å². The van der Waals surface area contributed by atoms with Crippen LogP contribution in [0.4, 0.5) is 5.69 Å². The summed E-state index contributed by atoms with van der Waals surface area (Å²) >= 11 is 0.230. The number of anilines is 1.